The van der Waals surface area contributed by atoms with E-state index in [1.165, 1.54) is 0 Å². The second-order valence-corrected chi connectivity index (χ2v) is 6.27. The van der Waals surface area contributed by atoms with E-state index in [-0.39, 0.29) is 23.0 Å². The van der Waals surface area contributed by atoms with Crippen molar-refractivity contribution in [3.8, 4) is 0 Å². The molecule has 0 N–H and O–H groups in total. The predicted octanol–water partition coefficient (Wildman–Crippen LogP) is 2.98. The van der Waals surface area contributed by atoms with E-state index in [4.69, 9.17) is 9.31 Å². The number of alkyl halides is 2. The summed E-state index contributed by atoms with van der Waals surface area (Å²) < 4.78 is 11.0. The van der Waals surface area contributed by atoms with Crippen LogP contribution in [0, 0.1) is 0 Å². The van der Waals surface area contributed by atoms with Crippen molar-refractivity contribution < 1.29 is 9.31 Å². The molecule has 0 fully saturated rings. The zero-order chi connectivity index (χ0) is 9.72. The van der Waals surface area contributed by atoms with Crippen LogP contribution in [0.3, 0.4) is 0 Å². The van der Waals surface area contributed by atoms with Gasteiger partial charge in [0, 0.05) is 12.2 Å². The predicted molar refractivity (Wildman–Crippen MR) is 59.8 cm³/mol. The summed E-state index contributed by atoms with van der Waals surface area (Å²) in [6.07, 6.45) is 0.345. The SMILES string of the molecule is CC(C)OB(OC(C)C)C(Br)Br. The van der Waals surface area contributed by atoms with E-state index in [9.17, 15) is 0 Å². The molecule has 0 saturated carbocycles. The highest BCUT2D eigenvalue weighted by Gasteiger charge is 2.28. The van der Waals surface area contributed by atoms with Gasteiger partial charge in [0.2, 0.25) is 0 Å². The molecule has 72 valence electrons. The fourth-order valence-electron chi connectivity index (χ4n) is 0.687. The molecule has 5 heteroatoms. The van der Waals surface area contributed by atoms with E-state index in [0.717, 1.165) is 0 Å². The van der Waals surface area contributed by atoms with Crippen LogP contribution in [0.15, 0.2) is 0 Å². The first-order chi connectivity index (χ1) is 5.43. The molecule has 0 aliphatic rings. The molecule has 0 aromatic carbocycles. The molecule has 0 rings (SSSR count). The summed E-state index contributed by atoms with van der Waals surface area (Å²) in [6, 6.07) is 0. The van der Waals surface area contributed by atoms with Crippen molar-refractivity contribution in [2.75, 3.05) is 0 Å². The molecule has 0 aromatic rings. The van der Waals surface area contributed by atoms with Gasteiger partial charge in [0.05, 0.1) is 0 Å². The lowest BCUT2D eigenvalue weighted by atomic mass is 9.94. The van der Waals surface area contributed by atoms with Crippen LogP contribution in [-0.2, 0) is 9.31 Å². The summed E-state index contributed by atoms with van der Waals surface area (Å²) in [4.78, 5) is 0. The maximum atomic E-state index is 5.51. The summed E-state index contributed by atoms with van der Waals surface area (Å²) in [5.41, 5.74) is 0. The topological polar surface area (TPSA) is 18.5 Å². The highest BCUT2D eigenvalue weighted by molar-refractivity contribution is 9.25. The zero-order valence-electron chi connectivity index (χ0n) is 7.88. The Hall–Kier alpha value is 0.945. The minimum absolute atomic E-state index is 0.0369. The summed E-state index contributed by atoms with van der Waals surface area (Å²) in [5.74, 6) is 0. The standard InChI is InChI=1S/C7H15BBr2O2/c1-5(2)11-8(7(9)10)12-6(3)4/h5-7H,1-4H3. The highest BCUT2D eigenvalue weighted by atomic mass is 79.9. The Bertz CT molecular complexity index is 110. The maximum absolute atomic E-state index is 5.51. The minimum atomic E-state index is -0.231. The monoisotopic (exact) mass is 300 g/mol. The normalized spacial score (nSPS) is 11.8. The number of hydrogen-bond acceptors (Lipinski definition) is 2. The Balaban J connectivity index is 3.87. The molecule has 0 aliphatic carbocycles. The van der Waals surface area contributed by atoms with Gasteiger partial charge in [-0.15, -0.1) is 0 Å². The maximum Gasteiger partial charge on any atom is 0.483 e. The Morgan fingerprint density at radius 2 is 1.25 bits per heavy atom. The van der Waals surface area contributed by atoms with Gasteiger partial charge < -0.3 is 9.31 Å². The molecule has 0 heterocycles. The van der Waals surface area contributed by atoms with Crippen molar-refractivity contribution in [2.45, 2.75) is 43.5 Å². The van der Waals surface area contributed by atoms with Crippen molar-refractivity contribution in [3.05, 3.63) is 0 Å². The average Bonchev–Trinajstić information content (AvgIpc) is 1.83. The smallest absolute Gasteiger partial charge is 0.408 e. The average molecular weight is 302 g/mol. The molecule has 0 aromatic heterocycles. The Morgan fingerprint density at radius 3 is 1.42 bits per heavy atom. The first-order valence-corrected chi connectivity index (χ1v) is 5.85. The molecule has 2 nitrogen and oxygen atoms in total. The summed E-state index contributed by atoms with van der Waals surface area (Å²) in [7, 11) is -0.231. The molecule has 0 saturated heterocycles. The van der Waals surface area contributed by atoms with Crippen LogP contribution >= 0.6 is 31.9 Å². The van der Waals surface area contributed by atoms with Crippen molar-refractivity contribution in [2.24, 2.45) is 0 Å². The largest absolute Gasteiger partial charge is 0.483 e. The van der Waals surface area contributed by atoms with E-state index < -0.39 is 0 Å². The van der Waals surface area contributed by atoms with E-state index in [2.05, 4.69) is 31.9 Å². The van der Waals surface area contributed by atoms with Gasteiger partial charge in [-0.1, -0.05) is 31.9 Å². The Labute approximate surface area is 91.8 Å². The van der Waals surface area contributed by atoms with Crippen molar-refractivity contribution in [1.29, 1.82) is 0 Å². The summed E-state index contributed by atoms with van der Waals surface area (Å²) >= 11 is 6.73. The third-order valence-corrected chi connectivity index (χ3v) is 1.88. The lowest BCUT2D eigenvalue weighted by molar-refractivity contribution is 0.133. The van der Waals surface area contributed by atoms with Crippen LogP contribution in [0.4, 0.5) is 0 Å². The van der Waals surface area contributed by atoms with E-state index >= 15 is 0 Å². The molecule has 0 bridgehead atoms. The number of halogens is 2. The van der Waals surface area contributed by atoms with Crippen molar-refractivity contribution in [3.63, 3.8) is 0 Å². The number of hydrogen-bond donors (Lipinski definition) is 0. The zero-order valence-corrected chi connectivity index (χ0v) is 11.1. The first kappa shape index (κ1) is 12.9. The van der Waals surface area contributed by atoms with Crippen molar-refractivity contribution >= 4 is 39.0 Å². The van der Waals surface area contributed by atoms with Gasteiger partial charge in [-0.2, -0.15) is 0 Å². The van der Waals surface area contributed by atoms with Crippen LogP contribution in [-0.4, -0.2) is 23.0 Å². The van der Waals surface area contributed by atoms with Crippen LogP contribution in [0.1, 0.15) is 27.7 Å². The molecule has 0 spiro atoms. The lowest BCUT2D eigenvalue weighted by Crippen LogP contribution is -2.35. The Kier molecular flexibility index (Phi) is 6.91. The molecule has 0 radical (unpaired) electrons. The van der Waals surface area contributed by atoms with Gasteiger partial charge in [-0.3, -0.25) is 0 Å². The van der Waals surface area contributed by atoms with Crippen molar-refractivity contribution in [1.82, 2.24) is 0 Å². The summed E-state index contributed by atoms with van der Waals surface area (Å²) in [6.45, 7) is 7.94. The molecule has 0 unspecified atom stereocenters. The molecule has 0 aliphatic heterocycles. The van der Waals surface area contributed by atoms with Crippen LogP contribution < -0.4 is 0 Å². The van der Waals surface area contributed by atoms with Crippen LogP contribution in [0.5, 0.6) is 0 Å². The van der Waals surface area contributed by atoms with Gasteiger partial charge in [0.25, 0.3) is 0 Å². The highest BCUT2D eigenvalue weighted by Crippen LogP contribution is 2.16. The Morgan fingerprint density at radius 1 is 0.917 bits per heavy atom. The quantitative estimate of drug-likeness (QED) is 0.574. The van der Waals surface area contributed by atoms with Gasteiger partial charge >= 0.3 is 7.12 Å². The van der Waals surface area contributed by atoms with Gasteiger partial charge in [-0.25, -0.2) is 0 Å². The fourth-order valence-corrected chi connectivity index (χ4v) is 1.19. The van der Waals surface area contributed by atoms with Crippen LogP contribution in [0.2, 0.25) is 0 Å². The van der Waals surface area contributed by atoms with E-state index in [1.54, 1.807) is 0 Å². The van der Waals surface area contributed by atoms with Crippen LogP contribution in [0.25, 0.3) is 0 Å². The van der Waals surface area contributed by atoms with Gasteiger partial charge in [-0.05, 0) is 27.7 Å². The second-order valence-electron chi connectivity index (χ2n) is 3.07. The first-order valence-electron chi connectivity index (χ1n) is 4.02. The lowest BCUT2D eigenvalue weighted by Gasteiger charge is -2.20. The molecule has 12 heavy (non-hydrogen) atoms. The second kappa shape index (κ2) is 6.41. The summed E-state index contributed by atoms with van der Waals surface area (Å²) in [5, 5.41) is 0. The fraction of sp³-hybridized carbons (Fsp3) is 1.00. The van der Waals surface area contributed by atoms with E-state index in [0.29, 0.717) is 0 Å². The third-order valence-electron chi connectivity index (χ3n) is 1.02. The van der Waals surface area contributed by atoms with Gasteiger partial charge in [0.1, 0.15) is 3.64 Å². The third kappa shape index (κ3) is 6.46. The van der Waals surface area contributed by atoms with Gasteiger partial charge in [0.15, 0.2) is 0 Å². The minimum Gasteiger partial charge on any atom is -0.408 e. The molecular weight excluding hydrogens is 287 g/mol. The molecule has 0 atom stereocenters. The van der Waals surface area contributed by atoms with E-state index in [1.807, 2.05) is 27.7 Å². The molecule has 0 amide bonds. The molecular formula is C7H15BBr2O2. The number of rotatable bonds is 5.